The molecule has 0 aliphatic carbocycles. The number of benzene rings is 2. The van der Waals surface area contributed by atoms with E-state index in [0.29, 0.717) is 30.0 Å². The smallest absolute Gasteiger partial charge is 0.373 e. The molecule has 39 heavy (non-hydrogen) atoms. The Kier molecular flexibility index (Phi) is 7.91. The molecular weight excluding hydrogens is 507 g/mol. The standard InChI is InChI=1S/C28H32F3N7O/c1-18-7-8-20(11-26(18)38-17-25(33-34-38)24-16-32-37(6)19(24)2)12-27(39)21-13-22(28(29,30)31)15-23(14-21)36(5)10-9-35(3)4/h7-8,11,13-17H,9-10,12H2,1-6H3. The summed E-state index contributed by atoms with van der Waals surface area (Å²) in [6, 6.07) is 9.03. The monoisotopic (exact) mass is 539 g/mol. The summed E-state index contributed by atoms with van der Waals surface area (Å²) < 4.78 is 44.5. The highest BCUT2D eigenvalue weighted by atomic mass is 19.4. The third-order valence-electron chi connectivity index (χ3n) is 6.78. The van der Waals surface area contributed by atoms with Crippen LogP contribution in [0.1, 0.15) is 32.7 Å². The van der Waals surface area contributed by atoms with Crippen LogP contribution in [-0.2, 0) is 19.6 Å². The molecule has 2 heterocycles. The first-order chi connectivity index (χ1) is 18.3. The van der Waals surface area contributed by atoms with Crippen LogP contribution in [-0.4, -0.2) is 69.7 Å². The molecule has 0 aliphatic rings. The van der Waals surface area contributed by atoms with E-state index in [0.717, 1.165) is 34.6 Å². The highest BCUT2D eigenvalue weighted by molar-refractivity contribution is 5.98. The largest absolute Gasteiger partial charge is 0.416 e. The number of Topliss-reactive ketones (excluding diaryl/α,β-unsaturated/α-hetero) is 1. The number of aryl methyl sites for hydroxylation is 2. The number of ketones is 1. The van der Waals surface area contributed by atoms with Gasteiger partial charge in [-0.05, 0) is 63.3 Å². The number of aromatic nitrogens is 5. The quantitative estimate of drug-likeness (QED) is 0.287. The Morgan fingerprint density at radius 3 is 2.41 bits per heavy atom. The summed E-state index contributed by atoms with van der Waals surface area (Å²) >= 11 is 0. The van der Waals surface area contributed by atoms with E-state index in [1.54, 1.807) is 39.8 Å². The van der Waals surface area contributed by atoms with E-state index in [4.69, 9.17) is 0 Å². The van der Waals surface area contributed by atoms with Gasteiger partial charge < -0.3 is 9.80 Å². The second kappa shape index (κ2) is 11.0. The summed E-state index contributed by atoms with van der Waals surface area (Å²) in [4.78, 5) is 16.9. The molecule has 0 radical (unpaired) electrons. The molecule has 206 valence electrons. The molecule has 8 nitrogen and oxygen atoms in total. The van der Waals surface area contributed by atoms with Gasteiger partial charge in [0, 0.05) is 56.1 Å². The number of likely N-dealkylation sites (N-methyl/N-ethyl adjacent to an activating group) is 2. The van der Waals surface area contributed by atoms with Crippen molar-refractivity contribution in [1.29, 1.82) is 0 Å². The lowest BCUT2D eigenvalue weighted by molar-refractivity contribution is -0.137. The molecule has 0 aliphatic heterocycles. The number of carbonyl (C=O) groups excluding carboxylic acids is 1. The lowest BCUT2D eigenvalue weighted by atomic mass is 9.98. The molecule has 0 atom stereocenters. The number of rotatable bonds is 9. The summed E-state index contributed by atoms with van der Waals surface area (Å²) in [7, 11) is 7.36. The van der Waals surface area contributed by atoms with E-state index in [-0.39, 0.29) is 12.0 Å². The summed E-state index contributed by atoms with van der Waals surface area (Å²) in [5.41, 5.74) is 4.31. The van der Waals surface area contributed by atoms with Crippen LogP contribution in [0.4, 0.5) is 18.9 Å². The Labute approximate surface area is 225 Å². The third-order valence-corrected chi connectivity index (χ3v) is 6.78. The average Bonchev–Trinajstić information content (AvgIpc) is 3.49. The maximum absolute atomic E-state index is 13.7. The molecule has 0 N–H and O–H groups in total. The number of anilines is 1. The van der Waals surface area contributed by atoms with Gasteiger partial charge in [-0.3, -0.25) is 9.48 Å². The minimum Gasteiger partial charge on any atom is -0.373 e. The van der Waals surface area contributed by atoms with Crippen LogP contribution < -0.4 is 4.90 Å². The maximum atomic E-state index is 13.7. The number of nitrogens with zero attached hydrogens (tertiary/aromatic N) is 7. The van der Waals surface area contributed by atoms with Crippen molar-refractivity contribution in [2.24, 2.45) is 7.05 Å². The minimum absolute atomic E-state index is 0.0220. The van der Waals surface area contributed by atoms with Gasteiger partial charge in [0.25, 0.3) is 0 Å². The SMILES string of the molecule is Cc1ccc(CC(=O)c2cc(N(C)CCN(C)C)cc(C(F)(F)F)c2)cc1-n1cc(-c2cnn(C)c2C)nn1. The van der Waals surface area contributed by atoms with Gasteiger partial charge in [-0.1, -0.05) is 17.3 Å². The van der Waals surface area contributed by atoms with Crippen LogP contribution in [0.2, 0.25) is 0 Å². The molecule has 0 bridgehead atoms. The van der Waals surface area contributed by atoms with Crippen LogP contribution in [0.3, 0.4) is 0 Å². The van der Waals surface area contributed by atoms with Crippen molar-refractivity contribution in [3.63, 3.8) is 0 Å². The molecule has 2 aromatic heterocycles. The first-order valence-corrected chi connectivity index (χ1v) is 12.5. The van der Waals surface area contributed by atoms with Crippen LogP contribution in [0, 0.1) is 13.8 Å². The average molecular weight is 540 g/mol. The predicted octanol–water partition coefficient (Wildman–Crippen LogP) is 4.73. The lowest BCUT2D eigenvalue weighted by Crippen LogP contribution is -2.28. The molecule has 0 spiro atoms. The first kappa shape index (κ1) is 28.0. The van der Waals surface area contributed by atoms with E-state index < -0.39 is 17.5 Å². The number of halogens is 3. The van der Waals surface area contributed by atoms with Gasteiger partial charge in [0.05, 0.1) is 23.6 Å². The molecule has 0 amide bonds. The fraction of sp³-hybridized carbons (Fsp3) is 0.357. The van der Waals surface area contributed by atoms with Gasteiger partial charge in [0.1, 0.15) is 5.69 Å². The zero-order chi connectivity index (χ0) is 28.5. The summed E-state index contributed by atoms with van der Waals surface area (Å²) in [5, 5.41) is 12.8. The second-order valence-electron chi connectivity index (χ2n) is 10.0. The summed E-state index contributed by atoms with van der Waals surface area (Å²) in [5.74, 6) is -0.400. The molecule has 0 unspecified atom stereocenters. The first-order valence-electron chi connectivity index (χ1n) is 12.5. The fourth-order valence-corrected chi connectivity index (χ4v) is 4.19. The van der Waals surface area contributed by atoms with Gasteiger partial charge in [-0.25, -0.2) is 4.68 Å². The van der Waals surface area contributed by atoms with Crippen molar-refractivity contribution in [2.75, 3.05) is 39.1 Å². The fourth-order valence-electron chi connectivity index (χ4n) is 4.19. The maximum Gasteiger partial charge on any atom is 0.416 e. The zero-order valence-electron chi connectivity index (χ0n) is 22.9. The van der Waals surface area contributed by atoms with Crippen LogP contribution >= 0.6 is 0 Å². The highest BCUT2D eigenvalue weighted by Gasteiger charge is 2.32. The van der Waals surface area contributed by atoms with Gasteiger partial charge in [0.2, 0.25) is 0 Å². The Morgan fingerprint density at radius 1 is 1.03 bits per heavy atom. The summed E-state index contributed by atoms with van der Waals surface area (Å²) in [6.45, 7) is 5.03. The molecule has 4 aromatic rings. The highest BCUT2D eigenvalue weighted by Crippen LogP contribution is 2.33. The van der Waals surface area contributed by atoms with E-state index in [1.807, 2.05) is 52.0 Å². The normalized spacial score (nSPS) is 11.8. The topological polar surface area (TPSA) is 72.1 Å². The molecule has 11 heteroatoms. The Bertz CT molecular complexity index is 1490. The van der Waals surface area contributed by atoms with Gasteiger partial charge in [-0.2, -0.15) is 18.3 Å². The van der Waals surface area contributed by atoms with Crippen LogP contribution in [0.25, 0.3) is 16.9 Å². The van der Waals surface area contributed by atoms with E-state index in [1.165, 1.54) is 6.07 Å². The van der Waals surface area contributed by atoms with Gasteiger partial charge in [0.15, 0.2) is 5.78 Å². The Hall–Kier alpha value is -3.99. The van der Waals surface area contributed by atoms with E-state index in [2.05, 4.69) is 15.4 Å². The second-order valence-corrected chi connectivity index (χ2v) is 10.0. The van der Waals surface area contributed by atoms with Gasteiger partial charge >= 0.3 is 6.18 Å². The third kappa shape index (κ3) is 6.36. The van der Waals surface area contributed by atoms with Gasteiger partial charge in [-0.15, -0.1) is 5.10 Å². The Balaban J connectivity index is 1.61. The van der Waals surface area contributed by atoms with E-state index in [9.17, 15) is 18.0 Å². The van der Waals surface area contributed by atoms with Crippen molar-refractivity contribution in [2.45, 2.75) is 26.4 Å². The van der Waals surface area contributed by atoms with Crippen molar-refractivity contribution in [3.05, 3.63) is 76.7 Å². The lowest BCUT2D eigenvalue weighted by Gasteiger charge is -2.23. The molecular formula is C28H32F3N7O. The van der Waals surface area contributed by atoms with Crippen LogP contribution in [0.5, 0.6) is 0 Å². The van der Waals surface area contributed by atoms with E-state index >= 15 is 0 Å². The molecule has 0 saturated carbocycles. The van der Waals surface area contributed by atoms with Crippen molar-refractivity contribution in [1.82, 2.24) is 29.7 Å². The minimum atomic E-state index is -4.57. The number of alkyl halides is 3. The molecule has 4 rings (SSSR count). The number of carbonyl (C=O) groups is 1. The molecule has 0 saturated heterocycles. The Morgan fingerprint density at radius 2 is 1.77 bits per heavy atom. The summed E-state index contributed by atoms with van der Waals surface area (Å²) in [6.07, 6.45) is -1.10. The van der Waals surface area contributed by atoms with Crippen molar-refractivity contribution < 1.29 is 18.0 Å². The molecule has 2 aromatic carbocycles. The number of hydrogen-bond donors (Lipinski definition) is 0. The number of hydrogen-bond acceptors (Lipinski definition) is 6. The molecule has 0 fully saturated rings. The van der Waals surface area contributed by atoms with Crippen molar-refractivity contribution >= 4 is 11.5 Å². The van der Waals surface area contributed by atoms with Crippen molar-refractivity contribution in [3.8, 4) is 16.9 Å². The zero-order valence-corrected chi connectivity index (χ0v) is 22.9. The predicted molar refractivity (Wildman–Crippen MR) is 144 cm³/mol. The van der Waals surface area contributed by atoms with Crippen LogP contribution in [0.15, 0.2) is 48.8 Å².